The van der Waals surface area contributed by atoms with Crippen molar-refractivity contribution in [1.29, 1.82) is 0 Å². The van der Waals surface area contributed by atoms with Gasteiger partial charge in [0.25, 0.3) is 0 Å². The Morgan fingerprint density at radius 1 is 0.354 bits per heavy atom. The molecule has 0 radical (unpaired) electrons. The first-order valence-electron chi connectivity index (χ1n) is 39.3. The summed E-state index contributed by atoms with van der Waals surface area (Å²) in [5.41, 5.74) is 0. The van der Waals surface area contributed by atoms with Crippen molar-refractivity contribution in [3.05, 3.63) is 0 Å². The van der Waals surface area contributed by atoms with Crippen molar-refractivity contribution in [3.8, 4) is 0 Å². The number of ether oxygens (including phenoxy) is 7. The lowest BCUT2D eigenvalue weighted by molar-refractivity contribution is -0.360. The fourth-order valence-corrected chi connectivity index (χ4v) is 14.2. The number of esters is 3. The standard InChI is InChI=1S/C74H139O24P/c1-4-7-10-13-16-19-22-25-27-28-30-31-34-37-39-42-45-48-58(76)90-52-55(93-60(78)50-47-44-41-38-35-32-29-26-23-20-17-14-11-8-5-2)53-92-99(88,89)98-72-70(96-73-68(86)63(81)61(79)56(51-75)94-73)66(84)65(83)67(85)71(72)97-74-69(87)64(82)62(80)57(95-74)54-91-59(77)49-46-43-40-36-33-24-21-18-15-12-9-6-3/h55-57,61-75,79-87H,4-54H2,1-3H3,(H,88,89). The smallest absolute Gasteiger partial charge is 0.463 e. The van der Waals surface area contributed by atoms with Gasteiger partial charge in [0.05, 0.1) is 13.2 Å². The monoisotopic (exact) mass is 1440 g/mol. The molecule has 18 atom stereocenters. The number of hydrogen-bond acceptors (Lipinski definition) is 23. The molecule has 584 valence electrons. The molecule has 0 bridgehead atoms. The topological polar surface area (TPSA) is 374 Å². The Kier molecular flexibility index (Phi) is 51.9. The van der Waals surface area contributed by atoms with Gasteiger partial charge in [0, 0.05) is 19.3 Å². The predicted octanol–water partition coefficient (Wildman–Crippen LogP) is 11.4. The summed E-state index contributed by atoms with van der Waals surface area (Å²) in [7, 11) is -5.69. The lowest BCUT2D eigenvalue weighted by atomic mass is 9.84. The second-order valence-electron chi connectivity index (χ2n) is 28.4. The summed E-state index contributed by atoms with van der Waals surface area (Å²) in [4.78, 5) is 51.1. The van der Waals surface area contributed by atoms with Crippen molar-refractivity contribution in [2.75, 3.05) is 26.4 Å². The minimum atomic E-state index is -5.69. The Morgan fingerprint density at radius 2 is 0.646 bits per heavy atom. The molecular weight excluding hydrogens is 1300 g/mol. The molecule has 0 aromatic carbocycles. The molecule has 1 aliphatic carbocycles. The quantitative estimate of drug-likeness (QED) is 0.0117. The number of aliphatic hydroxyl groups is 10. The molecule has 11 N–H and O–H groups in total. The van der Waals surface area contributed by atoms with Gasteiger partial charge < -0.3 is 89.1 Å². The van der Waals surface area contributed by atoms with Gasteiger partial charge in [0.15, 0.2) is 18.7 Å². The van der Waals surface area contributed by atoms with Gasteiger partial charge in [-0.15, -0.1) is 0 Å². The number of carbonyl (C=O) groups excluding carboxylic acids is 3. The van der Waals surface area contributed by atoms with Crippen LogP contribution in [0.25, 0.3) is 0 Å². The number of aliphatic hydroxyl groups excluding tert-OH is 10. The van der Waals surface area contributed by atoms with E-state index in [0.717, 1.165) is 89.9 Å². The van der Waals surface area contributed by atoms with Crippen LogP contribution in [0.3, 0.4) is 0 Å². The number of phosphoric acid groups is 1. The van der Waals surface area contributed by atoms with E-state index in [9.17, 15) is 74.9 Å². The highest BCUT2D eigenvalue weighted by molar-refractivity contribution is 7.47. The summed E-state index contributed by atoms with van der Waals surface area (Å²) in [6.45, 7) is 3.49. The van der Waals surface area contributed by atoms with Crippen LogP contribution in [0.1, 0.15) is 323 Å². The molecule has 25 heteroatoms. The Bertz CT molecular complexity index is 2050. The van der Waals surface area contributed by atoms with Crippen LogP contribution in [0.5, 0.6) is 0 Å². The molecule has 0 aromatic rings. The second-order valence-corrected chi connectivity index (χ2v) is 29.8. The first kappa shape index (κ1) is 91.2. The van der Waals surface area contributed by atoms with Crippen molar-refractivity contribution in [2.24, 2.45) is 0 Å². The molecule has 3 aliphatic rings. The lowest BCUT2D eigenvalue weighted by Gasteiger charge is -2.49. The lowest BCUT2D eigenvalue weighted by Crippen LogP contribution is -2.69. The Hall–Kier alpha value is -2.04. The minimum absolute atomic E-state index is 0.0327. The molecule has 2 saturated heterocycles. The average molecular weight is 1440 g/mol. The zero-order chi connectivity index (χ0) is 72.5. The summed E-state index contributed by atoms with van der Waals surface area (Å²) >= 11 is 0. The molecule has 0 spiro atoms. The van der Waals surface area contributed by atoms with E-state index in [0.29, 0.717) is 19.3 Å². The number of hydrogen-bond donors (Lipinski definition) is 11. The van der Waals surface area contributed by atoms with Crippen LogP contribution >= 0.6 is 7.82 Å². The highest BCUT2D eigenvalue weighted by atomic mass is 31.2. The zero-order valence-corrected chi connectivity index (χ0v) is 61.9. The first-order chi connectivity index (χ1) is 47.8. The molecule has 99 heavy (non-hydrogen) atoms. The van der Waals surface area contributed by atoms with Gasteiger partial charge in [-0.2, -0.15) is 0 Å². The van der Waals surface area contributed by atoms with Crippen LogP contribution < -0.4 is 0 Å². The van der Waals surface area contributed by atoms with Crippen molar-refractivity contribution >= 4 is 25.7 Å². The van der Waals surface area contributed by atoms with Crippen LogP contribution in [0.15, 0.2) is 0 Å². The van der Waals surface area contributed by atoms with E-state index in [4.69, 9.17) is 42.2 Å². The molecule has 2 aliphatic heterocycles. The van der Waals surface area contributed by atoms with E-state index in [-0.39, 0.29) is 19.3 Å². The van der Waals surface area contributed by atoms with Gasteiger partial charge in [-0.25, -0.2) is 4.57 Å². The average Bonchev–Trinajstić information content (AvgIpc) is 0.763. The van der Waals surface area contributed by atoms with Crippen molar-refractivity contribution in [3.63, 3.8) is 0 Å². The van der Waals surface area contributed by atoms with E-state index in [1.807, 2.05) is 0 Å². The summed E-state index contributed by atoms with van der Waals surface area (Å²) in [5.74, 6) is -1.97. The second kappa shape index (κ2) is 56.3. The normalized spacial score (nSPS) is 27.4. The van der Waals surface area contributed by atoms with E-state index in [1.54, 1.807) is 0 Å². The van der Waals surface area contributed by atoms with Crippen LogP contribution in [-0.2, 0) is 61.2 Å². The largest absolute Gasteiger partial charge is 0.472 e. The minimum Gasteiger partial charge on any atom is -0.463 e. The van der Waals surface area contributed by atoms with Gasteiger partial charge in [0.1, 0.15) is 98.7 Å². The number of unbranched alkanes of at least 4 members (excludes halogenated alkanes) is 41. The van der Waals surface area contributed by atoms with Gasteiger partial charge in [0.2, 0.25) is 0 Å². The van der Waals surface area contributed by atoms with Crippen molar-refractivity contribution < 1.29 is 117 Å². The van der Waals surface area contributed by atoms with Crippen LogP contribution in [0.4, 0.5) is 0 Å². The summed E-state index contributed by atoms with van der Waals surface area (Å²) < 4.78 is 65.1. The third kappa shape index (κ3) is 39.2. The van der Waals surface area contributed by atoms with Crippen LogP contribution in [0, 0.1) is 0 Å². The number of carbonyl (C=O) groups is 3. The van der Waals surface area contributed by atoms with Crippen LogP contribution in [0.2, 0.25) is 0 Å². The van der Waals surface area contributed by atoms with E-state index in [2.05, 4.69) is 20.8 Å². The van der Waals surface area contributed by atoms with Gasteiger partial charge in [-0.3, -0.25) is 23.4 Å². The summed E-state index contributed by atoms with van der Waals surface area (Å²) in [6, 6.07) is 0. The number of rotatable bonds is 62. The molecule has 0 aromatic heterocycles. The summed E-state index contributed by atoms with van der Waals surface area (Å²) in [6.07, 6.45) is 14.4. The van der Waals surface area contributed by atoms with E-state index in [1.165, 1.54) is 173 Å². The Labute approximate surface area is 593 Å². The first-order valence-corrected chi connectivity index (χ1v) is 40.8. The molecule has 24 nitrogen and oxygen atoms in total. The van der Waals surface area contributed by atoms with E-state index < -0.39 is 156 Å². The SMILES string of the molecule is CCCCCCCCCCCCCCCCCCCC(=O)OCC(COP(=O)(O)OC1C(OC2OC(CO)C(O)C(O)C2O)C(O)C(O)C(O)C1OC1OC(COC(=O)CCCCCCCCCCCCCC)C(O)C(O)C1O)OC(=O)CCCCCCCCCCCCCCCCC. The zero-order valence-electron chi connectivity index (χ0n) is 61.1. The highest BCUT2D eigenvalue weighted by Crippen LogP contribution is 2.49. The molecule has 1 saturated carbocycles. The molecule has 18 unspecified atom stereocenters. The van der Waals surface area contributed by atoms with Gasteiger partial charge in [-0.1, -0.05) is 284 Å². The number of phosphoric ester groups is 1. The van der Waals surface area contributed by atoms with Crippen molar-refractivity contribution in [1.82, 2.24) is 0 Å². The van der Waals surface area contributed by atoms with Gasteiger partial charge in [-0.05, 0) is 19.3 Å². The Morgan fingerprint density at radius 3 is 0.990 bits per heavy atom. The molecule has 3 fully saturated rings. The molecule has 3 rings (SSSR count). The third-order valence-electron chi connectivity index (χ3n) is 19.6. The molecular formula is C74H139O24P. The maximum atomic E-state index is 14.4. The maximum Gasteiger partial charge on any atom is 0.472 e. The fraction of sp³-hybridized carbons (Fsp3) is 0.959. The fourth-order valence-electron chi connectivity index (χ4n) is 13.2. The maximum absolute atomic E-state index is 14.4. The highest BCUT2D eigenvalue weighted by Gasteiger charge is 2.58. The molecule has 2 heterocycles. The van der Waals surface area contributed by atoms with Gasteiger partial charge >= 0.3 is 25.7 Å². The Balaban J connectivity index is 1.72. The van der Waals surface area contributed by atoms with Crippen molar-refractivity contribution in [2.45, 2.75) is 427 Å². The third-order valence-corrected chi connectivity index (χ3v) is 20.6. The van der Waals surface area contributed by atoms with Crippen LogP contribution in [-0.4, -0.2) is 204 Å². The predicted molar refractivity (Wildman–Crippen MR) is 375 cm³/mol. The van der Waals surface area contributed by atoms with E-state index >= 15 is 0 Å². The summed E-state index contributed by atoms with van der Waals surface area (Å²) in [5, 5.41) is 110. The molecule has 0 amide bonds.